The Hall–Kier alpha value is -2.04. The summed E-state index contributed by atoms with van der Waals surface area (Å²) in [6.45, 7) is 2.88. The second-order valence-corrected chi connectivity index (χ2v) is 5.09. The Morgan fingerprint density at radius 3 is 2.45 bits per heavy atom. The first-order chi connectivity index (χ1) is 9.52. The minimum atomic E-state index is -0.766. The SMILES string of the molecule is COc1ccc(C(=O)N2CCC(C(=O)O)CC2)c(C)c1. The molecule has 0 unspecified atom stereocenters. The molecule has 0 aliphatic carbocycles. The van der Waals surface area contributed by atoms with Crippen molar-refractivity contribution in [3.63, 3.8) is 0 Å². The summed E-state index contributed by atoms with van der Waals surface area (Å²) < 4.78 is 5.13. The predicted octanol–water partition coefficient (Wildman–Crippen LogP) is 1.94. The number of amides is 1. The zero-order valence-electron chi connectivity index (χ0n) is 11.8. The van der Waals surface area contributed by atoms with Crippen LogP contribution in [-0.2, 0) is 4.79 Å². The molecule has 20 heavy (non-hydrogen) atoms. The summed E-state index contributed by atoms with van der Waals surface area (Å²) in [5.74, 6) is -0.397. The van der Waals surface area contributed by atoms with E-state index < -0.39 is 5.97 Å². The van der Waals surface area contributed by atoms with Crippen molar-refractivity contribution in [3.8, 4) is 5.75 Å². The highest BCUT2D eigenvalue weighted by molar-refractivity contribution is 5.96. The molecule has 1 aliphatic rings. The minimum absolute atomic E-state index is 0.0333. The van der Waals surface area contributed by atoms with Gasteiger partial charge in [0.25, 0.3) is 5.91 Å². The van der Waals surface area contributed by atoms with Gasteiger partial charge in [0.05, 0.1) is 13.0 Å². The quantitative estimate of drug-likeness (QED) is 0.917. The lowest BCUT2D eigenvalue weighted by Crippen LogP contribution is -2.40. The van der Waals surface area contributed by atoms with Gasteiger partial charge in [0.2, 0.25) is 0 Å². The summed E-state index contributed by atoms with van der Waals surface area (Å²) in [5.41, 5.74) is 1.52. The van der Waals surface area contributed by atoms with Crippen LogP contribution in [0.3, 0.4) is 0 Å². The van der Waals surface area contributed by atoms with Gasteiger partial charge in [0, 0.05) is 18.7 Å². The van der Waals surface area contributed by atoms with Crippen LogP contribution in [0, 0.1) is 12.8 Å². The van der Waals surface area contributed by atoms with E-state index in [9.17, 15) is 9.59 Å². The van der Waals surface area contributed by atoms with Crippen molar-refractivity contribution >= 4 is 11.9 Å². The number of hydrogen-bond acceptors (Lipinski definition) is 3. The Balaban J connectivity index is 2.07. The molecule has 1 fully saturated rings. The number of aliphatic carboxylic acids is 1. The Bertz CT molecular complexity index is 519. The number of carbonyl (C=O) groups is 2. The topological polar surface area (TPSA) is 66.8 Å². The molecule has 1 amide bonds. The van der Waals surface area contributed by atoms with E-state index >= 15 is 0 Å². The van der Waals surface area contributed by atoms with Crippen molar-refractivity contribution in [1.82, 2.24) is 4.90 Å². The highest BCUT2D eigenvalue weighted by Gasteiger charge is 2.27. The van der Waals surface area contributed by atoms with Gasteiger partial charge >= 0.3 is 5.97 Å². The molecule has 5 nitrogen and oxygen atoms in total. The predicted molar refractivity (Wildman–Crippen MR) is 74.0 cm³/mol. The number of likely N-dealkylation sites (tertiary alicyclic amines) is 1. The van der Waals surface area contributed by atoms with Crippen LogP contribution in [0.5, 0.6) is 5.75 Å². The maximum atomic E-state index is 12.4. The van der Waals surface area contributed by atoms with Gasteiger partial charge < -0.3 is 14.7 Å². The van der Waals surface area contributed by atoms with E-state index in [1.54, 1.807) is 24.1 Å². The van der Waals surface area contributed by atoms with Gasteiger partial charge in [-0.1, -0.05) is 0 Å². The second kappa shape index (κ2) is 5.94. The molecule has 0 spiro atoms. The van der Waals surface area contributed by atoms with Crippen molar-refractivity contribution in [1.29, 1.82) is 0 Å². The standard InChI is InChI=1S/C15H19NO4/c1-10-9-12(20-2)3-4-13(10)14(17)16-7-5-11(6-8-16)15(18)19/h3-4,9,11H,5-8H2,1-2H3,(H,18,19). The Labute approximate surface area is 118 Å². The average Bonchev–Trinajstić information content (AvgIpc) is 2.46. The minimum Gasteiger partial charge on any atom is -0.497 e. The van der Waals surface area contributed by atoms with Crippen molar-refractivity contribution in [2.24, 2.45) is 5.92 Å². The molecular formula is C15H19NO4. The van der Waals surface area contributed by atoms with E-state index in [0.717, 1.165) is 11.3 Å². The number of ether oxygens (including phenoxy) is 1. The van der Waals surface area contributed by atoms with Gasteiger partial charge in [0.1, 0.15) is 5.75 Å². The van der Waals surface area contributed by atoms with Crippen LogP contribution in [-0.4, -0.2) is 42.1 Å². The molecule has 0 radical (unpaired) electrons. The number of methoxy groups -OCH3 is 1. The largest absolute Gasteiger partial charge is 0.497 e. The van der Waals surface area contributed by atoms with Crippen LogP contribution >= 0.6 is 0 Å². The molecule has 1 N–H and O–H groups in total. The molecule has 1 aromatic rings. The van der Waals surface area contributed by atoms with Crippen LogP contribution in [0.15, 0.2) is 18.2 Å². The zero-order valence-corrected chi connectivity index (χ0v) is 11.8. The number of aryl methyl sites for hydroxylation is 1. The molecule has 0 aromatic heterocycles. The fourth-order valence-corrected chi connectivity index (χ4v) is 2.50. The van der Waals surface area contributed by atoms with Crippen molar-refractivity contribution in [2.75, 3.05) is 20.2 Å². The molecule has 1 aromatic carbocycles. The molecule has 1 heterocycles. The summed E-state index contributed by atoms with van der Waals surface area (Å²) in [5, 5.41) is 8.96. The maximum absolute atomic E-state index is 12.4. The van der Waals surface area contributed by atoms with E-state index in [-0.39, 0.29) is 11.8 Å². The smallest absolute Gasteiger partial charge is 0.306 e. The van der Waals surface area contributed by atoms with Gasteiger partial charge in [-0.2, -0.15) is 0 Å². The summed E-state index contributed by atoms with van der Waals surface area (Å²) in [6.07, 6.45) is 1.05. The van der Waals surface area contributed by atoms with Crippen LogP contribution in [0.4, 0.5) is 0 Å². The van der Waals surface area contributed by atoms with E-state index in [1.165, 1.54) is 0 Å². The molecule has 2 rings (SSSR count). The number of nitrogens with zero attached hydrogens (tertiary/aromatic N) is 1. The summed E-state index contributed by atoms with van der Waals surface area (Å²) >= 11 is 0. The van der Waals surface area contributed by atoms with E-state index in [4.69, 9.17) is 9.84 Å². The first kappa shape index (κ1) is 14.4. The number of rotatable bonds is 3. The molecule has 0 bridgehead atoms. The number of carbonyl (C=O) groups excluding carboxylic acids is 1. The van der Waals surface area contributed by atoms with E-state index in [1.807, 2.05) is 13.0 Å². The fraction of sp³-hybridized carbons (Fsp3) is 0.467. The first-order valence-corrected chi connectivity index (χ1v) is 6.69. The number of carboxylic acid groups (broad SMARTS) is 1. The lowest BCUT2D eigenvalue weighted by Gasteiger charge is -2.30. The third-order valence-electron chi connectivity index (χ3n) is 3.80. The summed E-state index contributed by atoms with van der Waals surface area (Å²) in [6, 6.07) is 5.36. The van der Waals surface area contributed by atoms with Crippen LogP contribution < -0.4 is 4.74 Å². The average molecular weight is 277 g/mol. The van der Waals surface area contributed by atoms with Crippen LogP contribution in [0.25, 0.3) is 0 Å². The summed E-state index contributed by atoms with van der Waals surface area (Å²) in [4.78, 5) is 25.1. The summed E-state index contributed by atoms with van der Waals surface area (Å²) in [7, 11) is 1.59. The van der Waals surface area contributed by atoms with Crippen molar-refractivity contribution < 1.29 is 19.4 Å². The molecule has 0 saturated carbocycles. The van der Waals surface area contributed by atoms with Gasteiger partial charge in [-0.25, -0.2) is 0 Å². The first-order valence-electron chi connectivity index (χ1n) is 6.69. The Kier molecular flexibility index (Phi) is 4.27. The van der Waals surface area contributed by atoms with Crippen molar-refractivity contribution in [3.05, 3.63) is 29.3 Å². The highest BCUT2D eigenvalue weighted by atomic mass is 16.5. The normalized spacial score (nSPS) is 16.0. The number of piperidine rings is 1. The third-order valence-corrected chi connectivity index (χ3v) is 3.80. The molecular weight excluding hydrogens is 258 g/mol. The molecule has 5 heteroatoms. The number of benzene rings is 1. The maximum Gasteiger partial charge on any atom is 0.306 e. The van der Waals surface area contributed by atoms with Gasteiger partial charge in [-0.05, 0) is 43.5 Å². The number of hydrogen-bond donors (Lipinski definition) is 1. The molecule has 0 atom stereocenters. The Morgan fingerprint density at radius 2 is 1.95 bits per heavy atom. The zero-order chi connectivity index (χ0) is 14.7. The molecule has 1 aliphatic heterocycles. The van der Waals surface area contributed by atoms with Crippen LogP contribution in [0.2, 0.25) is 0 Å². The second-order valence-electron chi connectivity index (χ2n) is 5.09. The van der Waals surface area contributed by atoms with Gasteiger partial charge in [-0.3, -0.25) is 9.59 Å². The fourth-order valence-electron chi connectivity index (χ4n) is 2.50. The van der Waals surface area contributed by atoms with Gasteiger partial charge in [-0.15, -0.1) is 0 Å². The lowest BCUT2D eigenvalue weighted by molar-refractivity contribution is -0.143. The van der Waals surface area contributed by atoms with E-state index in [0.29, 0.717) is 31.5 Å². The van der Waals surface area contributed by atoms with Gasteiger partial charge in [0.15, 0.2) is 0 Å². The van der Waals surface area contributed by atoms with E-state index in [2.05, 4.69) is 0 Å². The monoisotopic (exact) mass is 277 g/mol. The number of carboxylic acids is 1. The third kappa shape index (κ3) is 2.92. The molecule has 1 saturated heterocycles. The highest BCUT2D eigenvalue weighted by Crippen LogP contribution is 2.22. The lowest BCUT2D eigenvalue weighted by atomic mass is 9.96. The molecule has 108 valence electrons. The van der Waals surface area contributed by atoms with Crippen LogP contribution in [0.1, 0.15) is 28.8 Å². The van der Waals surface area contributed by atoms with Crippen molar-refractivity contribution in [2.45, 2.75) is 19.8 Å². The Morgan fingerprint density at radius 1 is 1.30 bits per heavy atom.